The maximum absolute atomic E-state index is 12.9. The van der Waals surface area contributed by atoms with Crippen LogP contribution in [0.5, 0.6) is 0 Å². The minimum atomic E-state index is -4.73. The largest absolute Gasteiger partial charge is 0.481 e. The molecule has 1 aliphatic carbocycles. The number of carboxylic acids is 1. The predicted molar refractivity (Wildman–Crippen MR) is 108 cm³/mol. The summed E-state index contributed by atoms with van der Waals surface area (Å²) in [6, 6.07) is 13.2. The lowest BCUT2D eigenvalue weighted by Gasteiger charge is -2.20. The zero-order valence-electron chi connectivity index (χ0n) is 16.8. The fourth-order valence-corrected chi connectivity index (χ4v) is 3.64. The van der Waals surface area contributed by atoms with E-state index in [0.717, 1.165) is 22.3 Å². The Balaban J connectivity index is 1.65. The number of nitrogens with one attached hydrogen (secondary N) is 2. The third-order valence-electron chi connectivity index (χ3n) is 5.03. The van der Waals surface area contributed by atoms with Gasteiger partial charge in [0.05, 0.1) is 12.8 Å². The molecule has 0 heterocycles. The van der Waals surface area contributed by atoms with Crippen LogP contribution in [0, 0.1) is 0 Å². The van der Waals surface area contributed by atoms with Crippen LogP contribution in [0.25, 0.3) is 11.1 Å². The van der Waals surface area contributed by atoms with Crippen molar-refractivity contribution in [3.8, 4) is 11.1 Å². The molecule has 0 saturated carbocycles. The number of carboxylic acid groups (broad SMARTS) is 1. The Hall–Kier alpha value is -3.56. The number of hydrogen-bond acceptors (Lipinski definition) is 4. The van der Waals surface area contributed by atoms with Crippen LogP contribution in [0.4, 0.5) is 18.0 Å². The molecule has 0 aliphatic heterocycles. The van der Waals surface area contributed by atoms with Gasteiger partial charge in [0.2, 0.25) is 5.91 Å². The van der Waals surface area contributed by atoms with Crippen molar-refractivity contribution in [2.45, 2.75) is 31.0 Å². The fraction of sp³-hybridized carbons (Fsp3) is 0.318. The van der Waals surface area contributed by atoms with Gasteiger partial charge in [-0.25, -0.2) is 4.79 Å². The Morgan fingerprint density at radius 2 is 1.56 bits per heavy atom. The van der Waals surface area contributed by atoms with E-state index in [9.17, 15) is 27.6 Å². The van der Waals surface area contributed by atoms with Gasteiger partial charge in [0, 0.05) is 12.5 Å². The van der Waals surface area contributed by atoms with Crippen molar-refractivity contribution in [1.29, 1.82) is 0 Å². The molecule has 0 saturated heterocycles. The van der Waals surface area contributed by atoms with Gasteiger partial charge in [0.15, 0.2) is 0 Å². The molecule has 1 aliphatic rings. The lowest BCUT2D eigenvalue weighted by atomic mass is 9.98. The highest BCUT2D eigenvalue weighted by atomic mass is 19.4. The average molecular weight is 450 g/mol. The summed E-state index contributed by atoms with van der Waals surface area (Å²) in [5.41, 5.74) is 3.84. The van der Waals surface area contributed by atoms with E-state index in [0.29, 0.717) is 0 Å². The molecule has 10 heteroatoms. The fourth-order valence-electron chi connectivity index (χ4n) is 3.64. The molecular weight excluding hydrogens is 429 g/mol. The first-order chi connectivity index (χ1) is 15.2. The van der Waals surface area contributed by atoms with E-state index in [2.05, 4.69) is 5.32 Å². The van der Waals surface area contributed by atoms with Crippen LogP contribution in [0.3, 0.4) is 0 Å². The predicted octanol–water partition coefficient (Wildman–Crippen LogP) is 3.44. The first-order valence-electron chi connectivity index (χ1n) is 9.83. The molecule has 7 nitrogen and oxygen atoms in total. The highest BCUT2D eigenvalue weighted by molar-refractivity contribution is 5.86. The van der Waals surface area contributed by atoms with Crippen LogP contribution in [-0.2, 0) is 14.3 Å². The summed E-state index contributed by atoms with van der Waals surface area (Å²) in [5.74, 6) is -2.65. The van der Waals surface area contributed by atoms with E-state index < -0.39 is 43.0 Å². The van der Waals surface area contributed by atoms with Crippen LogP contribution in [0.15, 0.2) is 48.5 Å². The topological polar surface area (TPSA) is 105 Å². The standard InChI is InChI=1S/C22H21F3N2O5/c23-22(24,25)11-18(20(30)26-10-9-19(28)29)27-21(31)32-12-17-15-7-3-1-5-13(15)14-6-2-4-8-16(14)17/h1-8,17-18H,9-12H2,(H,26,30)(H,27,31)(H,28,29). The number of alkyl carbamates (subject to hydrolysis) is 1. The van der Waals surface area contributed by atoms with Gasteiger partial charge in [-0.2, -0.15) is 13.2 Å². The van der Waals surface area contributed by atoms with Crippen LogP contribution in [0.1, 0.15) is 29.9 Å². The third kappa shape index (κ3) is 5.77. The summed E-state index contributed by atoms with van der Waals surface area (Å²) in [5, 5.41) is 12.6. The number of benzene rings is 2. The van der Waals surface area contributed by atoms with Crippen molar-refractivity contribution < 1.29 is 37.4 Å². The monoisotopic (exact) mass is 450 g/mol. The average Bonchev–Trinajstić information content (AvgIpc) is 3.04. The van der Waals surface area contributed by atoms with Crippen molar-refractivity contribution in [1.82, 2.24) is 10.6 Å². The molecule has 0 bridgehead atoms. The number of aliphatic carboxylic acids is 1. The summed E-state index contributed by atoms with van der Waals surface area (Å²) < 4.78 is 43.8. The molecule has 0 spiro atoms. The van der Waals surface area contributed by atoms with Crippen LogP contribution in [-0.4, -0.2) is 48.4 Å². The van der Waals surface area contributed by atoms with E-state index in [1.54, 1.807) is 0 Å². The quantitative estimate of drug-likeness (QED) is 0.572. The lowest BCUT2D eigenvalue weighted by Crippen LogP contribution is -2.49. The second-order valence-electron chi connectivity index (χ2n) is 7.28. The summed E-state index contributed by atoms with van der Waals surface area (Å²) >= 11 is 0. The number of alkyl halides is 3. The van der Waals surface area contributed by atoms with E-state index in [1.807, 2.05) is 53.8 Å². The Labute approximate surface area is 181 Å². The smallest absolute Gasteiger partial charge is 0.407 e. The number of fused-ring (bicyclic) bond motifs is 3. The zero-order chi connectivity index (χ0) is 23.3. The van der Waals surface area contributed by atoms with E-state index >= 15 is 0 Å². The van der Waals surface area contributed by atoms with Crippen LogP contribution < -0.4 is 10.6 Å². The van der Waals surface area contributed by atoms with Gasteiger partial charge in [0.1, 0.15) is 12.6 Å². The highest BCUT2D eigenvalue weighted by Gasteiger charge is 2.37. The van der Waals surface area contributed by atoms with Crippen molar-refractivity contribution in [3.05, 3.63) is 59.7 Å². The molecular formula is C22H21F3N2O5. The van der Waals surface area contributed by atoms with Gasteiger partial charge in [-0.15, -0.1) is 0 Å². The number of carbonyl (C=O) groups is 3. The minimum absolute atomic E-state index is 0.126. The van der Waals surface area contributed by atoms with Crippen LogP contribution >= 0.6 is 0 Å². The molecule has 170 valence electrons. The molecule has 3 N–H and O–H groups in total. The Morgan fingerprint density at radius 3 is 2.09 bits per heavy atom. The summed E-state index contributed by atoms with van der Waals surface area (Å²) in [7, 11) is 0. The molecule has 0 radical (unpaired) electrons. The first kappa shape index (κ1) is 23.1. The SMILES string of the molecule is O=C(O)CCNC(=O)C(CC(F)(F)F)NC(=O)OCC1c2ccccc2-c2ccccc21. The Morgan fingerprint density at radius 1 is 1.00 bits per heavy atom. The molecule has 32 heavy (non-hydrogen) atoms. The van der Waals surface area contributed by atoms with E-state index in [-0.39, 0.29) is 19.1 Å². The van der Waals surface area contributed by atoms with Crippen molar-refractivity contribution in [2.24, 2.45) is 0 Å². The number of hydrogen-bond donors (Lipinski definition) is 3. The van der Waals surface area contributed by atoms with Crippen molar-refractivity contribution in [2.75, 3.05) is 13.2 Å². The van der Waals surface area contributed by atoms with Crippen molar-refractivity contribution in [3.63, 3.8) is 0 Å². The third-order valence-corrected chi connectivity index (χ3v) is 5.03. The summed E-state index contributed by atoms with van der Waals surface area (Å²) in [6.07, 6.45) is -7.98. The summed E-state index contributed by atoms with van der Waals surface area (Å²) in [4.78, 5) is 34.8. The first-order valence-corrected chi connectivity index (χ1v) is 9.83. The van der Waals surface area contributed by atoms with Gasteiger partial charge in [-0.3, -0.25) is 9.59 Å². The zero-order valence-corrected chi connectivity index (χ0v) is 16.8. The van der Waals surface area contributed by atoms with Crippen molar-refractivity contribution >= 4 is 18.0 Å². The Kier molecular flexibility index (Phi) is 7.01. The normalized spacial score (nSPS) is 13.6. The molecule has 2 amide bonds. The number of rotatable bonds is 8. The van der Waals surface area contributed by atoms with E-state index in [1.165, 1.54) is 0 Å². The maximum atomic E-state index is 12.9. The lowest BCUT2D eigenvalue weighted by molar-refractivity contribution is -0.149. The molecule has 0 aromatic heterocycles. The molecule has 1 atom stereocenters. The number of ether oxygens (including phenoxy) is 1. The van der Waals surface area contributed by atoms with Crippen LogP contribution in [0.2, 0.25) is 0 Å². The molecule has 1 unspecified atom stereocenters. The van der Waals surface area contributed by atoms with Gasteiger partial charge >= 0.3 is 18.2 Å². The molecule has 2 aromatic carbocycles. The van der Waals surface area contributed by atoms with E-state index in [4.69, 9.17) is 9.84 Å². The second-order valence-corrected chi connectivity index (χ2v) is 7.28. The van der Waals surface area contributed by atoms with Gasteiger partial charge in [-0.1, -0.05) is 48.5 Å². The Bertz CT molecular complexity index is 964. The highest BCUT2D eigenvalue weighted by Crippen LogP contribution is 2.44. The maximum Gasteiger partial charge on any atom is 0.407 e. The van der Waals surface area contributed by atoms with Gasteiger partial charge in [-0.05, 0) is 22.3 Å². The summed E-state index contributed by atoms with van der Waals surface area (Å²) in [6.45, 7) is -0.492. The molecule has 2 aromatic rings. The van der Waals surface area contributed by atoms with Gasteiger partial charge in [0.25, 0.3) is 0 Å². The number of halogens is 3. The molecule has 0 fully saturated rings. The number of carbonyl (C=O) groups excluding carboxylic acids is 2. The minimum Gasteiger partial charge on any atom is -0.481 e. The number of amides is 2. The second kappa shape index (κ2) is 9.71. The van der Waals surface area contributed by atoms with Gasteiger partial charge < -0.3 is 20.5 Å². The molecule has 3 rings (SSSR count).